The average molecular weight is 536 g/mol. The van der Waals surface area contributed by atoms with Crippen molar-refractivity contribution in [3.8, 4) is 6.07 Å². The highest BCUT2D eigenvalue weighted by atomic mass is 35.5. The second kappa shape index (κ2) is 9.50. The van der Waals surface area contributed by atoms with Crippen molar-refractivity contribution in [3.05, 3.63) is 46.6 Å². The fourth-order valence-electron chi connectivity index (χ4n) is 4.39. The number of fused-ring (bicyclic) bond motifs is 2. The van der Waals surface area contributed by atoms with Crippen LogP contribution >= 0.6 is 22.9 Å². The number of aromatic nitrogens is 1. The molecule has 0 saturated carbocycles. The Bertz CT molecular complexity index is 1430. The van der Waals surface area contributed by atoms with Gasteiger partial charge < -0.3 is 14.4 Å². The van der Waals surface area contributed by atoms with Crippen LogP contribution in [-0.2, 0) is 23.0 Å². The molecule has 2 unspecified atom stereocenters. The summed E-state index contributed by atoms with van der Waals surface area (Å²) in [5.74, 6) is -0.0470. The van der Waals surface area contributed by atoms with Gasteiger partial charge in [0.25, 0.3) is 15.9 Å². The Hall–Kier alpha value is -2.53. The van der Waals surface area contributed by atoms with Crippen molar-refractivity contribution < 1.29 is 22.7 Å². The van der Waals surface area contributed by atoms with Gasteiger partial charge in [0.1, 0.15) is 16.2 Å². The van der Waals surface area contributed by atoms with E-state index in [9.17, 15) is 18.3 Å². The maximum atomic E-state index is 13.4. The van der Waals surface area contributed by atoms with Crippen molar-refractivity contribution in [2.75, 3.05) is 19.6 Å². The first kappa shape index (κ1) is 24.2. The van der Waals surface area contributed by atoms with Gasteiger partial charge in [0.15, 0.2) is 0 Å². The SMILES string of the molecule is N#CCCC1CN(S(=O)(=O)c2cc3ccc(Cl)cc3s2)CCN1C(=O)c1nc2c(o1)CNC(O)C2. The molecule has 35 heavy (non-hydrogen) atoms. The second-order valence-corrected chi connectivity index (χ2v) is 12.1. The Morgan fingerprint density at radius 3 is 3.00 bits per heavy atom. The van der Waals surface area contributed by atoms with E-state index in [1.54, 1.807) is 24.3 Å². The summed E-state index contributed by atoms with van der Waals surface area (Å²) in [5, 5.41) is 23.1. The quantitative estimate of drug-likeness (QED) is 0.507. The lowest BCUT2D eigenvalue weighted by molar-refractivity contribution is 0.0511. The van der Waals surface area contributed by atoms with Crippen LogP contribution in [0.3, 0.4) is 0 Å². The van der Waals surface area contributed by atoms with Crippen molar-refractivity contribution in [1.82, 2.24) is 19.5 Å². The van der Waals surface area contributed by atoms with Crippen LogP contribution in [0.1, 0.15) is 35.0 Å². The van der Waals surface area contributed by atoms with Gasteiger partial charge in [-0.1, -0.05) is 17.7 Å². The predicted octanol–water partition coefficient (Wildman–Crippen LogP) is 2.33. The maximum Gasteiger partial charge on any atom is 0.310 e. The molecule has 2 aromatic heterocycles. The number of carbonyl (C=O) groups excluding carboxylic acids is 1. The monoisotopic (exact) mass is 535 g/mol. The van der Waals surface area contributed by atoms with Crippen LogP contribution < -0.4 is 5.32 Å². The van der Waals surface area contributed by atoms with Crippen LogP contribution in [0.4, 0.5) is 0 Å². The van der Waals surface area contributed by atoms with Gasteiger partial charge in [0, 0.05) is 48.2 Å². The predicted molar refractivity (Wildman–Crippen MR) is 128 cm³/mol. The number of nitrogens with zero attached hydrogens (tertiary/aromatic N) is 4. The molecule has 4 heterocycles. The van der Waals surface area contributed by atoms with E-state index in [4.69, 9.17) is 21.3 Å². The third-order valence-corrected chi connectivity index (χ3v) is 9.84. The summed E-state index contributed by atoms with van der Waals surface area (Å²) in [6.07, 6.45) is -0.0347. The Morgan fingerprint density at radius 2 is 2.20 bits per heavy atom. The van der Waals surface area contributed by atoms with E-state index in [2.05, 4.69) is 16.4 Å². The topological polar surface area (TPSA) is 140 Å². The number of halogens is 1. The molecule has 10 nitrogen and oxygen atoms in total. The molecule has 2 N–H and O–H groups in total. The molecule has 1 saturated heterocycles. The third kappa shape index (κ3) is 4.67. The highest BCUT2D eigenvalue weighted by Crippen LogP contribution is 2.34. The van der Waals surface area contributed by atoms with Crippen LogP contribution in [0.5, 0.6) is 0 Å². The number of oxazole rings is 1. The van der Waals surface area contributed by atoms with Crippen LogP contribution in [0.2, 0.25) is 5.02 Å². The number of nitriles is 1. The number of benzene rings is 1. The number of nitrogens with one attached hydrogen (secondary N) is 1. The van der Waals surface area contributed by atoms with Crippen LogP contribution in [0.25, 0.3) is 10.1 Å². The summed E-state index contributed by atoms with van der Waals surface area (Å²) >= 11 is 7.20. The van der Waals surface area contributed by atoms with E-state index in [-0.39, 0.29) is 49.1 Å². The summed E-state index contributed by atoms with van der Waals surface area (Å²) in [5.41, 5.74) is 0.527. The zero-order valence-electron chi connectivity index (χ0n) is 18.5. The largest absolute Gasteiger partial charge is 0.436 e. The van der Waals surface area contributed by atoms with Gasteiger partial charge in [-0.15, -0.1) is 11.3 Å². The number of aliphatic hydroxyl groups is 1. The first-order chi connectivity index (χ1) is 16.8. The molecule has 13 heteroatoms. The Labute approximate surface area is 210 Å². The van der Waals surface area contributed by atoms with E-state index in [1.807, 2.05) is 0 Å². The molecule has 2 aliphatic heterocycles. The van der Waals surface area contributed by atoms with Gasteiger partial charge >= 0.3 is 5.91 Å². The first-order valence-electron chi connectivity index (χ1n) is 11.0. The lowest BCUT2D eigenvalue weighted by Gasteiger charge is -2.39. The van der Waals surface area contributed by atoms with E-state index < -0.39 is 28.2 Å². The highest BCUT2D eigenvalue weighted by Gasteiger charge is 2.39. The molecule has 0 aliphatic carbocycles. The molecule has 2 atom stereocenters. The van der Waals surface area contributed by atoms with Crippen molar-refractivity contribution >= 4 is 49.0 Å². The zero-order valence-corrected chi connectivity index (χ0v) is 20.9. The average Bonchev–Trinajstić information content (AvgIpc) is 3.46. The number of carbonyl (C=O) groups is 1. The van der Waals surface area contributed by atoms with Gasteiger partial charge in [-0.25, -0.2) is 13.4 Å². The Kier molecular flexibility index (Phi) is 6.56. The Morgan fingerprint density at radius 1 is 1.37 bits per heavy atom. The van der Waals surface area contributed by atoms with Gasteiger partial charge in [-0.2, -0.15) is 9.57 Å². The summed E-state index contributed by atoms with van der Waals surface area (Å²) in [4.78, 5) is 19.1. The van der Waals surface area contributed by atoms with Crippen molar-refractivity contribution in [3.63, 3.8) is 0 Å². The van der Waals surface area contributed by atoms with Gasteiger partial charge in [0.2, 0.25) is 0 Å². The Balaban J connectivity index is 1.38. The zero-order chi connectivity index (χ0) is 24.7. The minimum atomic E-state index is -3.80. The molecule has 0 bridgehead atoms. The first-order valence-corrected chi connectivity index (χ1v) is 13.7. The smallest absolute Gasteiger partial charge is 0.310 e. The lowest BCUT2D eigenvalue weighted by atomic mass is 10.1. The number of rotatable bonds is 5. The third-order valence-electron chi connectivity index (χ3n) is 6.20. The number of hydrogen-bond acceptors (Lipinski definition) is 9. The number of amides is 1. The van der Waals surface area contributed by atoms with Gasteiger partial charge in [-0.05, 0) is 30.0 Å². The second-order valence-electron chi connectivity index (χ2n) is 8.45. The minimum absolute atomic E-state index is 0.0610. The minimum Gasteiger partial charge on any atom is -0.436 e. The fraction of sp³-hybridized carbons (Fsp3) is 0.409. The van der Waals surface area contributed by atoms with Gasteiger partial charge in [0.05, 0.1) is 18.3 Å². The number of thiophene rings is 1. The molecule has 2 aliphatic rings. The summed E-state index contributed by atoms with van der Waals surface area (Å²) in [6, 6.07) is 8.43. The maximum absolute atomic E-state index is 13.4. The molecular weight excluding hydrogens is 514 g/mol. The highest BCUT2D eigenvalue weighted by molar-refractivity contribution is 7.91. The molecule has 0 radical (unpaired) electrons. The molecule has 3 aromatic rings. The van der Waals surface area contributed by atoms with Crippen LogP contribution in [-0.4, -0.2) is 65.5 Å². The summed E-state index contributed by atoms with van der Waals surface area (Å²) in [6.45, 7) is 0.568. The summed E-state index contributed by atoms with van der Waals surface area (Å²) in [7, 11) is -3.80. The summed E-state index contributed by atoms with van der Waals surface area (Å²) < 4.78 is 34.9. The number of aliphatic hydroxyl groups excluding tert-OH is 1. The molecule has 1 amide bonds. The lowest BCUT2D eigenvalue weighted by Crippen LogP contribution is -2.56. The van der Waals surface area contributed by atoms with Crippen molar-refractivity contribution in [1.29, 1.82) is 5.26 Å². The van der Waals surface area contributed by atoms with Crippen molar-refractivity contribution in [2.24, 2.45) is 0 Å². The number of piperazine rings is 1. The van der Waals surface area contributed by atoms with E-state index in [0.717, 1.165) is 21.4 Å². The molecule has 5 rings (SSSR count). The fourth-order valence-corrected chi connectivity index (χ4v) is 7.68. The molecule has 1 fully saturated rings. The molecule has 184 valence electrons. The normalized spacial score (nSPS) is 21.1. The van der Waals surface area contributed by atoms with Crippen molar-refractivity contribution in [2.45, 2.75) is 42.3 Å². The molecule has 0 spiro atoms. The van der Waals surface area contributed by atoms with E-state index in [0.29, 0.717) is 22.9 Å². The number of sulfonamides is 1. The van der Waals surface area contributed by atoms with Crippen LogP contribution in [0.15, 0.2) is 32.9 Å². The van der Waals surface area contributed by atoms with E-state index >= 15 is 0 Å². The molecular formula is C22H22ClN5O5S2. The van der Waals surface area contributed by atoms with E-state index in [1.165, 1.54) is 9.21 Å². The standard InChI is InChI=1S/C22H22ClN5O5S2/c23-14-4-3-13-8-20(34-18(13)9-14)35(31,32)27-6-7-28(15(12-27)2-1-5-24)22(30)21-26-16-10-19(29)25-11-17(16)33-21/h3-4,8-9,15,19,25,29H,1-2,6-7,10-12H2. The van der Waals surface area contributed by atoms with Crippen LogP contribution in [0, 0.1) is 11.3 Å². The number of hydrogen-bond donors (Lipinski definition) is 2. The van der Waals surface area contributed by atoms with Gasteiger partial charge in [-0.3, -0.25) is 10.1 Å². The molecule has 1 aromatic carbocycles.